The molecule has 0 fully saturated rings. The first-order valence-corrected chi connectivity index (χ1v) is 8.66. The Kier molecular flexibility index (Phi) is 5.82. The number of non-ortho nitro benzene ring substituents is 1. The molecule has 3 rings (SSSR count). The molecule has 3 aromatic rings. The van der Waals surface area contributed by atoms with Gasteiger partial charge in [0, 0.05) is 17.7 Å². The first-order valence-electron chi connectivity index (χ1n) is 8.66. The number of carbonyl (C=O) groups is 1. The molecule has 0 atom stereocenters. The molecule has 1 heterocycles. The van der Waals surface area contributed by atoms with Gasteiger partial charge in [0.25, 0.3) is 5.69 Å². The van der Waals surface area contributed by atoms with Gasteiger partial charge in [0.2, 0.25) is 5.76 Å². The highest BCUT2D eigenvalue weighted by atomic mass is 16.6. The highest BCUT2D eigenvalue weighted by Crippen LogP contribution is 2.31. The van der Waals surface area contributed by atoms with E-state index in [1.165, 1.54) is 25.3 Å². The number of benzene rings is 2. The molecule has 8 nitrogen and oxygen atoms in total. The summed E-state index contributed by atoms with van der Waals surface area (Å²) >= 11 is 0. The zero-order valence-electron chi connectivity index (χ0n) is 16.1. The third-order valence-corrected chi connectivity index (χ3v) is 4.37. The van der Waals surface area contributed by atoms with E-state index in [-0.39, 0.29) is 18.1 Å². The number of hydrogen-bond donors (Lipinski definition) is 0. The molecule has 0 aliphatic rings. The van der Waals surface area contributed by atoms with Crippen molar-refractivity contribution in [3.05, 3.63) is 75.5 Å². The van der Waals surface area contributed by atoms with Crippen LogP contribution in [0, 0.1) is 17.0 Å². The molecule has 29 heavy (non-hydrogen) atoms. The second-order valence-corrected chi connectivity index (χ2v) is 6.18. The van der Waals surface area contributed by atoms with Gasteiger partial charge in [0.1, 0.15) is 12.4 Å². The van der Waals surface area contributed by atoms with Gasteiger partial charge in [-0.3, -0.25) is 10.1 Å². The number of carbonyl (C=O) groups excluding carboxylic acids is 1. The largest absolute Gasteiger partial charge is 0.493 e. The summed E-state index contributed by atoms with van der Waals surface area (Å²) in [5, 5.41) is 10.7. The normalized spacial score (nSPS) is 10.4. The first-order chi connectivity index (χ1) is 13.9. The van der Waals surface area contributed by atoms with Crippen molar-refractivity contribution in [1.82, 2.24) is 0 Å². The van der Waals surface area contributed by atoms with Crippen molar-refractivity contribution in [3.63, 3.8) is 0 Å². The van der Waals surface area contributed by atoms with Crippen LogP contribution < -0.4 is 9.47 Å². The fraction of sp³-hybridized carbons (Fsp3) is 0.190. The molecule has 0 bridgehead atoms. The molecular formula is C21H19NO7. The molecule has 0 aliphatic carbocycles. The number of rotatable bonds is 7. The Balaban J connectivity index is 1.70. The molecule has 0 radical (unpaired) electrons. The van der Waals surface area contributed by atoms with Gasteiger partial charge >= 0.3 is 5.97 Å². The minimum atomic E-state index is -0.618. The maximum atomic E-state index is 12.3. The predicted octanol–water partition coefficient (Wildman–Crippen LogP) is 4.54. The van der Waals surface area contributed by atoms with Crippen LogP contribution >= 0.6 is 0 Å². The number of nitro groups is 1. The fourth-order valence-corrected chi connectivity index (χ4v) is 2.74. The quantitative estimate of drug-likeness (QED) is 0.328. The van der Waals surface area contributed by atoms with E-state index in [4.69, 9.17) is 18.6 Å². The number of esters is 1. The van der Waals surface area contributed by atoms with E-state index in [1.54, 1.807) is 31.4 Å². The Morgan fingerprint density at radius 1 is 1.03 bits per heavy atom. The van der Waals surface area contributed by atoms with Crippen molar-refractivity contribution >= 4 is 11.7 Å². The standard InChI is InChI=1S/C21H19NO7/c1-13-10-19(26-2)20(27-3)11-15(13)12-28-21(23)18-9-8-17(29-18)14-4-6-16(7-5-14)22(24)25/h4-11H,12H2,1-3H3. The number of aryl methyl sites for hydroxylation is 1. The summed E-state index contributed by atoms with van der Waals surface area (Å²) in [4.78, 5) is 22.6. The van der Waals surface area contributed by atoms with E-state index < -0.39 is 10.9 Å². The summed E-state index contributed by atoms with van der Waals surface area (Å²) in [5.74, 6) is 0.972. The molecule has 0 amide bonds. The van der Waals surface area contributed by atoms with Crippen LogP contribution in [0.1, 0.15) is 21.7 Å². The number of nitro benzene ring substituents is 1. The lowest BCUT2D eigenvalue weighted by molar-refractivity contribution is -0.384. The Bertz CT molecular complexity index is 1040. The van der Waals surface area contributed by atoms with E-state index >= 15 is 0 Å². The molecule has 2 aromatic carbocycles. The Morgan fingerprint density at radius 3 is 2.31 bits per heavy atom. The SMILES string of the molecule is COc1cc(C)c(COC(=O)c2ccc(-c3ccc([N+](=O)[O-])cc3)o2)cc1OC. The van der Waals surface area contributed by atoms with E-state index in [2.05, 4.69) is 0 Å². The van der Waals surface area contributed by atoms with Crippen LogP contribution in [0.5, 0.6) is 11.5 Å². The van der Waals surface area contributed by atoms with E-state index in [1.807, 2.05) is 13.0 Å². The molecule has 0 saturated heterocycles. The fourth-order valence-electron chi connectivity index (χ4n) is 2.74. The van der Waals surface area contributed by atoms with Crippen LogP contribution in [-0.2, 0) is 11.3 Å². The maximum absolute atomic E-state index is 12.3. The summed E-state index contributed by atoms with van der Waals surface area (Å²) in [6.07, 6.45) is 0. The van der Waals surface area contributed by atoms with Crippen molar-refractivity contribution in [2.75, 3.05) is 14.2 Å². The maximum Gasteiger partial charge on any atom is 0.374 e. The third-order valence-electron chi connectivity index (χ3n) is 4.37. The van der Waals surface area contributed by atoms with Crippen LogP contribution in [-0.4, -0.2) is 25.1 Å². The molecule has 0 saturated carbocycles. The summed E-state index contributed by atoms with van der Waals surface area (Å²) in [6.45, 7) is 1.92. The second kappa shape index (κ2) is 8.47. The lowest BCUT2D eigenvalue weighted by atomic mass is 10.1. The van der Waals surface area contributed by atoms with E-state index in [0.717, 1.165) is 11.1 Å². The third kappa shape index (κ3) is 4.37. The van der Waals surface area contributed by atoms with Crippen LogP contribution in [0.2, 0.25) is 0 Å². The lowest BCUT2D eigenvalue weighted by Gasteiger charge is -2.12. The molecule has 1 aromatic heterocycles. The zero-order chi connectivity index (χ0) is 21.0. The monoisotopic (exact) mass is 397 g/mol. The highest BCUT2D eigenvalue weighted by molar-refractivity contribution is 5.87. The van der Waals surface area contributed by atoms with Gasteiger partial charge in [0.15, 0.2) is 11.5 Å². The van der Waals surface area contributed by atoms with Crippen LogP contribution in [0.3, 0.4) is 0 Å². The van der Waals surface area contributed by atoms with Gasteiger partial charge in [-0.15, -0.1) is 0 Å². The first kappa shape index (κ1) is 19.9. The molecular weight excluding hydrogens is 378 g/mol. The average Bonchev–Trinajstić information content (AvgIpc) is 3.22. The van der Waals surface area contributed by atoms with Crippen molar-refractivity contribution in [2.24, 2.45) is 0 Å². The van der Waals surface area contributed by atoms with Crippen LogP contribution in [0.4, 0.5) is 5.69 Å². The number of nitrogens with zero attached hydrogens (tertiary/aromatic N) is 1. The number of furan rings is 1. The zero-order valence-corrected chi connectivity index (χ0v) is 16.1. The average molecular weight is 397 g/mol. The van der Waals surface area contributed by atoms with Crippen molar-refractivity contribution in [3.8, 4) is 22.8 Å². The number of ether oxygens (including phenoxy) is 3. The minimum Gasteiger partial charge on any atom is -0.493 e. The predicted molar refractivity (Wildman–Crippen MR) is 104 cm³/mol. The lowest BCUT2D eigenvalue weighted by Crippen LogP contribution is -2.05. The molecule has 8 heteroatoms. The second-order valence-electron chi connectivity index (χ2n) is 6.18. The molecule has 0 unspecified atom stereocenters. The topological polar surface area (TPSA) is 101 Å². The van der Waals surface area contributed by atoms with Gasteiger partial charge < -0.3 is 18.6 Å². The van der Waals surface area contributed by atoms with Gasteiger partial charge in [-0.25, -0.2) is 4.79 Å². The Hall–Kier alpha value is -3.81. The Labute approximate surface area is 166 Å². The molecule has 0 aliphatic heterocycles. The van der Waals surface area contributed by atoms with Crippen molar-refractivity contribution in [2.45, 2.75) is 13.5 Å². The van der Waals surface area contributed by atoms with Gasteiger partial charge in [0.05, 0.1) is 19.1 Å². The van der Waals surface area contributed by atoms with Crippen LogP contribution in [0.25, 0.3) is 11.3 Å². The van der Waals surface area contributed by atoms with Gasteiger partial charge in [-0.05, 0) is 54.4 Å². The minimum absolute atomic E-state index is 0.0229. The molecule has 150 valence electrons. The number of methoxy groups -OCH3 is 2. The van der Waals surface area contributed by atoms with Crippen molar-refractivity contribution < 1.29 is 28.3 Å². The van der Waals surface area contributed by atoms with Gasteiger partial charge in [-0.2, -0.15) is 0 Å². The summed E-state index contributed by atoms with van der Waals surface area (Å²) in [6, 6.07) is 12.5. The van der Waals surface area contributed by atoms with Gasteiger partial charge in [-0.1, -0.05) is 0 Å². The molecule has 0 N–H and O–H groups in total. The van der Waals surface area contributed by atoms with Crippen molar-refractivity contribution in [1.29, 1.82) is 0 Å². The molecule has 0 spiro atoms. The van der Waals surface area contributed by atoms with E-state index in [0.29, 0.717) is 22.8 Å². The summed E-state index contributed by atoms with van der Waals surface area (Å²) in [5.41, 5.74) is 2.26. The summed E-state index contributed by atoms with van der Waals surface area (Å²) in [7, 11) is 3.09. The van der Waals surface area contributed by atoms with E-state index in [9.17, 15) is 14.9 Å². The van der Waals surface area contributed by atoms with Crippen LogP contribution in [0.15, 0.2) is 52.9 Å². The Morgan fingerprint density at radius 2 is 1.69 bits per heavy atom. The highest BCUT2D eigenvalue weighted by Gasteiger charge is 2.16. The smallest absolute Gasteiger partial charge is 0.374 e. The number of hydrogen-bond acceptors (Lipinski definition) is 7. The summed E-state index contributed by atoms with van der Waals surface area (Å²) < 4.78 is 21.4.